The van der Waals surface area contributed by atoms with E-state index in [1.807, 2.05) is 6.20 Å². The van der Waals surface area contributed by atoms with E-state index in [0.29, 0.717) is 5.92 Å². The van der Waals surface area contributed by atoms with Crippen LogP contribution in [-0.4, -0.2) is 23.6 Å². The predicted octanol–water partition coefficient (Wildman–Crippen LogP) is 2.56. The van der Waals surface area contributed by atoms with Gasteiger partial charge in [-0.3, -0.25) is 0 Å². The lowest BCUT2D eigenvalue weighted by molar-refractivity contribution is 0.0923. The van der Waals surface area contributed by atoms with Gasteiger partial charge in [0.1, 0.15) is 6.10 Å². The maximum absolute atomic E-state index is 5.42. The Hall–Kier alpha value is -1.00. The monoisotopic (exact) mass is 249 g/mol. The second-order valence-corrected chi connectivity index (χ2v) is 4.83. The van der Waals surface area contributed by atoms with E-state index in [1.165, 1.54) is 24.1 Å². The molecule has 1 unspecified atom stereocenters. The molecule has 1 atom stereocenters. The van der Waals surface area contributed by atoms with Crippen molar-refractivity contribution in [2.45, 2.75) is 51.7 Å². The number of ether oxygens (including phenoxy) is 1. The molecule has 1 fully saturated rings. The third-order valence-corrected chi connectivity index (χ3v) is 3.39. The summed E-state index contributed by atoms with van der Waals surface area (Å²) < 4.78 is 5.42. The van der Waals surface area contributed by atoms with Crippen molar-refractivity contribution in [3.8, 4) is 0 Å². The van der Waals surface area contributed by atoms with Crippen molar-refractivity contribution in [3.05, 3.63) is 23.3 Å². The van der Waals surface area contributed by atoms with Crippen molar-refractivity contribution in [1.82, 2.24) is 15.3 Å². The lowest BCUT2D eigenvalue weighted by Crippen LogP contribution is -2.16. The van der Waals surface area contributed by atoms with Crippen LogP contribution in [0.15, 0.2) is 6.20 Å². The van der Waals surface area contributed by atoms with E-state index in [4.69, 9.17) is 9.72 Å². The number of methoxy groups -OCH3 is 1. The summed E-state index contributed by atoms with van der Waals surface area (Å²) in [5.74, 6) is 1.48. The number of hydrogen-bond donors (Lipinski definition) is 1. The Morgan fingerprint density at radius 2 is 2.22 bits per heavy atom. The van der Waals surface area contributed by atoms with E-state index in [9.17, 15) is 0 Å². The van der Waals surface area contributed by atoms with Gasteiger partial charge in [0.25, 0.3) is 0 Å². The molecule has 4 heteroatoms. The molecule has 100 valence electrons. The van der Waals surface area contributed by atoms with Crippen LogP contribution in [-0.2, 0) is 11.3 Å². The normalized spacial score (nSPS) is 16.8. The Balaban J connectivity index is 2.22. The molecule has 0 radical (unpaired) electrons. The van der Waals surface area contributed by atoms with E-state index >= 15 is 0 Å². The van der Waals surface area contributed by atoms with Crippen molar-refractivity contribution < 1.29 is 4.74 Å². The second kappa shape index (κ2) is 6.25. The van der Waals surface area contributed by atoms with Gasteiger partial charge >= 0.3 is 0 Å². The van der Waals surface area contributed by atoms with Crippen molar-refractivity contribution in [2.75, 3.05) is 13.7 Å². The van der Waals surface area contributed by atoms with Crippen LogP contribution in [0.2, 0.25) is 0 Å². The number of rotatable bonds is 7. The van der Waals surface area contributed by atoms with Crippen molar-refractivity contribution in [1.29, 1.82) is 0 Å². The number of nitrogens with one attached hydrogen (secondary N) is 1. The molecule has 1 aromatic rings. The van der Waals surface area contributed by atoms with Crippen LogP contribution in [0.3, 0.4) is 0 Å². The van der Waals surface area contributed by atoms with Gasteiger partial charge < -0.3 is 10.1 Å². The lowest BCUT2D eigenvalue weighted by Gasteiger charge is -2.15. The van der Waals surface area contributed by atoms with E-state index in [2.05, 4.69) is 24.1 Å². The molecular weight excluding hydrogens is 226 g/mol. The number of nitrogens with zero attached hydrogens (tertiary/aromatic N) is 2. The Bertz CT molecular complexity index is 387. The van der Waals surface area contributed by atoms with Crippen LogP contribution >= 0.6 is 0 Å². The molecule has 2 rings (SSSR count). The maximum Gasteiger partial charge on any atom is 0.157 e. The smallest absolute Gasteiger partial charge is 0.157 e. The first kappa shape index (κ1) is 13.4. The summed E-state index contributed by atoms with van der Waals surface area (Å²) in [5, 5.41) is 3.35. The zero-order valence-electron chi connectivity index (χ0n) is 11.6. The molecule has 1 heterocycles. The van der Waals surface area contributed by atoms with Crippen molar-refractivity contribution in [3.63, 3.8) is 0 Å². The fourth-order valence-corrected chi connectivity index (χ4v) is 2.15. The first-order valence-corrected chi connectivity index (χ1v) is 6.89. The van der Waals surface area contributed by atoms with Gasteiger partial charge in [0, 0.05) is 31.3 Å². The van der Waals surface area contributed by atoms with E-state index < -0.39 is 0 Å². The van der Waals surface area contributed by atoms with E-state index in [1.54, 1.807) is 7.11 Å². The molecule has 1 saturated carbocycles. The van der Waals surface area contributed by atoms with Gasteiger partial charge in [-0.2, -0.15) is 0 Å². The molecule has 0 aliphatic heterocycles. The highest BCUT2D eigenvalue weighted by Crippen LogP contribution is 2.40. The van der Waals surface area contributed by atoms with Crippen LogP contribution in [0, 0.1) is 0 Å². The van der Waals surface area contributed by atoms with Gasteiger partial charge in [-0.05, 0) is 25.8 Å². The summed E-state index contributed by atoms with van der Waals surface area (Å²) in [4.78, 5) is 9.22. The summed E-state index contributed by atoms with van der Waals surface area (Å²) >= 11 is 0. The summed E-state index contributed by atoms with van der Waals surface area (Å²) in [6, 6.07) is 0. The maximum atomic E-state index is 5.42. The van der Waals surface area contributed by atoms with Crippen LogP contribution in [0.5, 0.6) is 0 Å². The van der Waals surface area contributed by atoms with Crippen molar-refractivity contribution >= 4 is 0 Å². The average Bonchev–Trinajstić information content (AvgIpc) is 3.22. The molecule has 0 spiro atoms. The molecule has 0 aromatic carbocycles. The van der Waals surface area contributed by atoms with Gasteiger partial charge in [0.15, 0.2) is 5.82 Å². The minimum absolute atomic E-state index is 0.0238. The fraction of sp³-hybridized carbons (Fsp3) is 0.714. The van der Waals surface area contributed by atoms with Crippen LogP contribution < -0.4 is 5.32 Å². The third kappa shape index (κ3) is 3.06. The highest BCUT2D eigenvalue weighted by Gasteiger charge is 2.28. The third-order valence-electron chi connectivity index (χ3n) is 3.39. The topological polar surface area (TPSA) is 47.0 Å². The van der Waals surface area contributed by atoms with Crippen LogP contribution in [0.25, 0.3) is 0 Å². The summed E-state index contributed by atoms with van der Waals surface area (Å²) in [7, 11) is 1.72. The molecular formula is C14H23N3O. The standard InChI is InChI=1S/C14H23N3O/c1-4-12(18-3)14-16-9-11(8-15-5-2)13(17-14)10-6-7-10/h9-10,12,15H,4-8H2,1-3H3. The second-order valence-electron chi connectivity index (χ2n) is 4.83. The zero-order valence-corrected chi connectivity index (χ0v) is 11.6. The first-order chi connectivity index (χ1) is 8.80. The minimum Gasteiger partial charge on any atom is -0.373 e. The Morgan fingerprint density at radius 1 is 1.44 bits per heavy atom. The zero-order chi connectivity index (χ0) is 13.0. The largest absolute Gasteiger partial charge is 0.373 e. The number of hydrogen-bond acceptors (Lipinski definition) is 4. The fourth-order valence-electron chi connectivity index (χ4n) is 2.15. The van der Waals surface area contributed by atoms with Gasteiger partial charge in [0.2, 0.25) is 0 Å². The van der Waals surface area contributed by atoms with E-state index in [-0.39, 0.29) is 6.10 Å². The summed E-state index contributed by atoms with van der Waals surface area (Å²) in [5.41, 5.74) is 2.48. The van der Waals surface area contributed by atoms with Gasteiger partial charge in [-0.25, -0.2) is 9.97 Å². The number of aromatic nitrogens is 2. The quantitative estimate of drug-likeness (QED) is 0.806. The SMILES string of the molecule is CCNCc1cnc(C(CC)OC)nc1C1CC1. The Labute approximate surface area is 109 Å². The average molecular weight is 249 g/mol. The molecule has 18 heavy (non-hydrogen) atoms. The predicted molar refractivity (Wildman–Crippen MR) is 71.4 cm³/mol. The molecule has 1 aliphatic carbocycles. The van der Waals surface area contributed by atoms with Crippen LogP contribution in [0.4, 0.5) is 0 Å². The van der Waals surface area contributed by atoms with E-state index in [0.717, 1.165) is 25.3 Å². The first-order valence-electron chi connectivity index (χ1n) is 6.89. The Kier molecular flexibility index (Phi) is 4.66. The molecule has 0 saturated heterocycles. The molecule has 1 N–H and O–H groups in total. The molecule has 4 nitrogen and oxygen atoms in total. The minimum atomic E-state index is 0.0238. The Morgan fingerprint density at radius 3 is 2.78 bits per heavy atom. The van der Waals surface area contributed by atoms with Crippen molar-refractivity contribution in [2.24, 2.45) is 0 Å². The molecule has 1 aliphatic rings. The van der Waals surface area contributed by atoms with Gasteiger partial charge in [0.05, 0.1) is 5.69 Å². The highest BCUT2D eigenvalue weighted by atomic mass is 16.5. The lowest BCUT2D eigenvalue weighted by atomic mass is 10.1. The molecule has 0 amide bonds. The van der Waals surface area contributed by atoms with Gasteiger partial charge in [-0.1, -0.05) is 13.8 Å². The molecule has 0 bridgehead atoms. The highest BCUT2D eigenvalue weighted by molar-refractivity contribution is 5.25. The summed E-state index contributed by atoms with van der Waals surface area (Å²) in [6.45, 7) is 6.05. The van der Waals surface area contributed by atoms with Gasteiger partial charge in [-0.15, -0.1) is 0 Å². The van der Waals surface area contributed by atoms with Crippen LogP contribution in [0.1, 0.15) is 62.2 Å². The summed E-state index contributed by atoms with van der Waals surface area (Å²) in [6.07, 6.45) is 5.43. The molecule has 1 aromatic heterocycles.